The van der Waals surface area contributed by atoms with Crippen LogP contribution in [0.2, 0.25) is 0 Å². The summed E-state index contributed by atoms with van der Waals surface area (Å²) in [5.41, 5.74) is 3.92. The molecule has 0 aromatic heterocycles. The van der Waals surface area contributed by atoms with E-state index in [4.69, 9.17) is 4.74 Å². The number of carbonyl (C=O) groups is 1. The highest BCUT2D eigenvalue weighted by Crippen LogP contribution is 2.63. The molecule has 0 aliphatic heterocycles. The monoisotopic (exact) mass is 318 g/mol. The summed E-state index contributed by atoms with van der Waals surface area (Å²) in [6, 6.07) is 0. The SMILES string of the molecule is CCC1(C)CCC2=C(CCC3C(C)(C(=O)OC)CCCC23C)C1. The average Bonchev–Trinajstić information content (AvgIpc) is 2.53. The van der Waals surface area contributed by atoms with Gasteiger partial charge in [0.05, 0.1) is 12.5 Å². The maximum atomic E-state index is 12.6. The molecule has 0 bridgehead atoms. The summed E-state index contributed by atoms with van der Waals surface area (Å²) < 4.78 is 5.22. The summed E-state index contributed by atoms with van der Waals surface area (Å²) in [5.74, 6) is 0.479. The van der Waals surface area contributed by atoms with Gasteiger partial charge in [0.2, 0.25) is 0 Å². The second-order valence-electron chi connectivity index (χ2n) is 9.19. The van der Waals surface area contributed by atoms with Crippen LogP contribution in [0.3, 0.4) is 0 Å². The number of allylic oxidation sites excluding steroid dienone is 2. The van der Waals surface area contributed by atoms with Gasteiger partial charge in [-0.25, -0.2) is 0 Å². The Balaban J connectivity index is 1.98. The molecule has 3 aliphatic rings. The minimum absolute atomic E-state index is 0.0201. The maximum Gasteiger partial charge on any atom is 0.311 e. The third-order valence-electron chi connectivity index (χ3n) is 7.91. The molecule has 0 heterocycles. The number of ether oxygens (including phenoxy) is 1. The van der Waals surface area contributed by atoms with Crippen molar-refractivity contribution in [2.75, 3.05) is 7.11 Å². The van der Waals surface area contributed by atoms with Gasteiger partial charge in [0.15, 0.2) is 0 Å². The highest BCUT2D eigenvalue weighted by Gasteiger charge is 2.56. The van der Waals surface area contributed by atoms with E-state index in [-0.39, 0.29) is 16.8 Å². The fourth-order valence-corrected chi connectivity index (χ4v) is 6.21. The van der Waals surface area contributed by atoms with Crippen LogP contribution in [0.4, 0.5) is 0 Å². The van der Waals surface area contributed by atoms with Crippen LogP contribution >= 0.6 is 0 Å². The normalized spacial score (nSPS) is 43.6. The fourth-order valence-electron chi connectivity index (χ4n) is 6.21. The Hall–Kier alpha value is -0.790. The maximum absolute atomic E-state index is 12.6. The molecule has 0 aromatic carbocycles. The molecule has 0 spiro atoms. The predicted octanol–water partition coefficient (Wildman–Crippen LogP) is 5.66. The largest absolute Gasteiger partial charge is 0.469 e. The molecule has 0 N–H and O–H groups in total. The Labute approximate surface area is 142 Å². The topological polar surface area (TPSA) is 26.3 Å². The van der Waals surface area contributed by atoms with Crippen molar-refractivity contribution in [2.45, 2.75) is 85.5 Å². The lowest BCUT2D eigenvalue weighted by molar-refractivity contribution is -0.163. The fraction of sp³-hybridized carbons (Fsp3) is 0.857. The zero-order valence-corrected chi connectivity index (χ0v) is 15.8. The Morgan fingerprint density at radius 3 is 2.57 bits per heavy atom. The van der Waals surface area contributed by atoms with E-state index >= 15 is 0 Å². The van der Waals surface area contributed by atoms with Gasteiger partial charge in [0.25, 0.3) is 0 Å². The molecule has 23 heavy (non-hydrogen) atoms. The van der Waals surface area contributed by atoms with Gasteiger partial charge in [0, 0.05) is 0 Å². The van der Waals surface area contributed by atoms with Crippen LogP contribution in [0.1, 0.15) is 85.5 Å². The third-order valence-corrected chi connectivity index (χ3v) is 7.91. The highest BCUT2D eigenvalue weighted by molar-refractivity contribution is 5.77. The number of hydrogen-bond acceptors (Lipinski definition) is 2. The Morgan fingerprint density at radius 2 is 1.91 bits per heavy atom. The first-order valence-electron chi connectivity index (χ1n) is 9.59. The Kier molecular flexibility index (Phi) is 4.18. The molecular weight excluding hydrogens is 284 g/mol. The molecule has 3 aliphatic carbocycles. The molecule has 1 saturated carbocycles. The van der Waals surface area contributed by atoms with Crippen LogP contribution in [0, 0.1) is 22.2 Å². The zero-order chi connectivity index (χ0) is 16.9. The molecule has 3 rings (SSSR count). The molecule has 0 radical (unpaired) electrons. The van der Waals surface area contributed by atoms with Gasteiger partial charge in [-0.2, -0.15) is 0 Å². The second kappa shape index (κ2) is 5.63. The van der Waals surface area contributed by atoms with E-state index in [1.807, 2.05) is 0 Å². The van der Waals surface area contributed by atoms with Gasteiger partial charge in [0.1, 0.15) is 0 Å². The number of rotatable bonds is 2. The molecule has 0 amide bonds. The molecule has 2 heteroatoms. The van der Waals surface area contributed by atoms with E-state index in [1.165, 1.54) is 44.9 Å². The van der Waals surface area contributed by atoms with Gasteiger partial charge in [-0.1, -0.05) is 44.8 Å². The van der Waals surface area contributed by atoms with Crippen LogP contribution in [0.5, 0.6) is 0 Å². The highest BCUT2D eigenvalue weighted by atomic mass is 16.5. The lowest BCUT2D eigenvalue weighted by Gasteiger charge is -2.57. The number of esters is 1. The predicted molar refractivity (Wildman–Crippen MR) is 94.1 cm³/mol. The number of fused-ring (bicyclic) bond motifs is 2. The summed E-state index contributed by atoms with van der Waals surface area (Å²) in [5, 5.41) is 0. The quantitative estimate of drug-likeness (QED) is 0.485. The Bertz CT molecular complexity index is 534. The van der Waals surface area contributed by atoms with E-state index in [0.29, 0.717) is 11.3 Å². The van der Waals surface area contributed by atoms with Gasteiger partial charge in [-0.05, 0) is 68.6 Å². The first-order chi connectivity index (χ1) is 10.8. The lowest BCUT2D eigenvalue weighted by Crippen LogP contribution is -2.51. The first kappa shape index (κ1) is 17.0. The minimum Gasteiger partial charge on any atom is -0.469 e. The van der Waals surface area contributed by atoms with Gasteiger partial charge in [-0.15, -0.1) is 0 Å². The van der Waals surface area contributed by atoms with Crippen LogP contribution in [-0.4, -0.2) is 13.1 Å². The number of hydrogen-bond donors (Lipinski definition) is 0. The molecule has 0 aromatic rings. The average molecular weight is 319 g/mol. The summed E-state index contributed by atoms with van der Waals surface area (Å²) in [6.07, 6.45) is 10.9. The van der Waals surface area contributed by atoms with Gasteiger partial charge < -0.3 is 4.74 Å². The van der Waals surface area contributed by atoms with Crippen molar-refractivity contribution >= 4 is 5.97 Å². The summed E-state index contributed by atoms with van der Waals surface area (Å²) >= 11 is 0. The van der Waals surface area contributed by atoms with Crippen molar-refractivity contribution in [1.82, 2.24) is 0 Å². The smallest absolute Gasteiger partial charge is 0.311 e. The van der Waals surface area contributed by atoms with Crippen molar-refractivity contribution in [1.29, 1.82) is 0 Å². The first-order valence-corrected chi connectivity index (χ1v) is 9.59. The second-order valence-corrected chi connectivity index (χ2v) is 9.19. The molecule has 4 atom stereocenters. The van der Waals surface area contributed by atoms with Crippen molar-refractivity contribution in [3.05, 3.63) is 11.1 Å². The summed E-state index contributed by atoms with van der Waals surface area (Å²) in [6.45, 7) is 9.44. The van der Waals surface area contributed by atoms with Crippen molar-refractivity contribution in [2.24, 2.45) is 22.2 Å². The standard InChI is InChI=1S/C21H34O2/c1-6-19(2)13-10-16-15(14-19)8-9-17-20(16,3)11-7-12-21(17,4)18(22)23-5/h17H,6-14H2,1-5H3. The lowest BCUT2D eigenvalue weighted by atomic mass is 9.47. The number of carbonyl (C=O) groups excluding carboxylic acids is 1. The van der Waals surface area contributed by atoms with Crippen LogP contribution in [-0.2, 0) is 9.53 Å². The van der Waals surface area contributed by atoms with Crippen LogP contribution in [0.25, 0.3) is 0 Å². The third kappa shape index (κ3) is 2.48. The summed E-state index contributed by atoms with van der Waals surface area (Å²) in [7, 11) is 1.56. The van der Waals surface area contributed by atoms with Crippen molar-refractivity contribution in [3.8, 4) is 0 Å². The van der Waals surface area contributed by atoms with Crippen LogP contribution < -0.4 is 0 Å². The Morgan fingerprint density at radius 1 is 1.17 bits per heavy atom. The van der Waals surface area contributed by atoms with E-state index in [0.717, 1.165) is 12.8 Å². The van der Waals surface area contributed by atoms with Gasteiger partial charge >= 0.3 is 5.97 Å². The van der Waals surface area contributed by atoms with E-state index in [1.54, 1.807) is 18.3 Å². The van der Waals surface area contributed by atoms with E-state index in [9.17, 15) is 4.79 Å². The molecule has 4 unspecified atom stereocenters. The molecule has 1 fully saturated rings. The summed E-state index contributed by atoms with van der Waals surface area (Å²) in [4.78, 5) is 12.6. The van der Waals surface area contributed by atoms with E-state index in [2.05, 4.69) is 27.7 Å². The van der Waals surface area contributed by atoms with Crippen molar-refractivity contribution < 1.29 is 9.53 Å². The van der Waals surface area contributed by atoms with Crippen LogP contribution in [0.15, 0.2) is 11.1 Å². The minimum atomic E-state index is -0.286. The van der Waals surface area contributed by atoms with Crippen molar-refractivity contribution in [3.63, 3.8) is 0 Å². The molecule has 0 saturated heterocycles. The molecule has 2 nitrogen and oxygen atoms in total. The number of methoxy groups -OCH3 is 1. The molecular formula is C21H34O2. The van der Waals surface area contributed by atoms with E-state index < -0.39 is 0 Å². The zero-order valence-electron chi connectivity index (χ0n) is 15.8. The molecule has 130 valence electrons. The van der Waals surface area contributed by atoms with Gasteiger partial charge in [-0.3, -0.25) is 4.79 Å².